The molecule has 0 radical (unpaired) electrons. The van der Waals surface area contributed by atoms with Crippen LogP contribution in [0.3, 0.4) is 0 Å². The summed E-state index contributed by atoms with van der Waals surface area (Å²) in [6.07, 6.45) is 2.96. The fourth-order valence-corrected chi connectivity index (χ4v) is 3.14. The number of hydrogen-bond donors (Lipinski definition) is 2. The quantitative estimate of drug-likeness (QED) is 0.847. The Hall–Kier alpha value is -2.49. The SMILES string of the molecule is CN(CCCC1CC(c2cccc(F)c2)NN1)c1cccc(C#N)n1. The monoisotopic (exact) mass is 339 g/mol. The first-order valence-corrected chi connectivity index (χ1v) is 8.50. The van der Waals surface area contributed by atoms with Gasteiger partial charge < -0.3 is 4.90 Å². The number of aromatic nitrogens is 1. The van der Waals surface area contributed by atoms with Gasteiger partial charge in [-0.1, -0.05) is 18.2 Å². The van der Waals surface area contributed by atoms with Crippen LogP contribution in [0.1, 0.15) is 36.6 Å². The van der Waals surface area contributed by atoms with E-state index < -0.39 is 0 Å². The Morgan fingerprint density at radius 2 is 2.12 bits per heavy atom. The molecule has 0 aliphatic carbocycles. The van der Waals surface area contributed by atoms with Gasteiger partial charge >= 0.3 is 0 Å². The van der Waals surface area contributed by atoms with Crippen LogP contribution in [0, 0.1) is 17.1 Å². The standard InChI is InChI=1S/C19H22FN5/c1-25(19-9-3-7-17(13-21)22-19)10-4-8-16-12-18(24-23-16)14-5-2-6-15(20)11-14/h2-3,5-7,9,11,16,18,23-24H,4,8,10,12H2,1H3. The minimum atomic E-state index is -0.198. The summed E-state index contributed by atoms with van der Waals surface area (Å²) in [5.74, 6) is 0.616. The summed E-state index contributed by atoms with van der Waals surface area (Å²) in [4.78, 5) is 6.37. The highest BCUT2D eigenvalue weighted by atomic mass is 19.1. The Morgan fingerprint density at radius 3 is 2.92 bits per heavy atom. The number of rotatable bonds is 6. The molecular weight excluding hydrogens is 317 g/mol. The Kier molecular flexibility index (Phi) is 5.59. The first-order chi connectivity index (χ1) is 12.2. The highest BCUT2D eigenvalue weighted by molar-refractivity contribution is 5.40. The van der Waals surface area contributed by atoms with Crippen LogP contribution >= 0.6 is 0 Å². The summed E-state index contributed by atoms with van der Waals surface area (Å²) in [5, 5.41) is 8.93. The molecule has 2 unspecified atom stereocenters. The van der Waals surface area contributed by atoms with Gasteiger partial charge in [0, 0.05) is 25.7 Å². The van der Waals surface area contributed by atoms with E-state index >= 15 is 0 Å². The van der Waals surface area contributed by atoms with Crippen molar-refractivity contribution in [1.29, 1.82) is 5.26 Å². The lowest BCUT2D eigenvalue weighted by atomic mass is 9.99. The molecule has 1 fully saturated rings. The Morgan fingerprint density at radius 1 is 1.28 bits per heavy atom. The Balaban J connectivity index is 1.46. The molecule has 0 saturated carbocycles. The van der Waals surface area contributed by atoms with Crippen molar-refractivity contribution in [3.05, 3.63) is 59.5 Å². The number of hydrazine groups is 1. The average molecular weight is 339 g/mol. The normalized spacial score (nSPS) is 19.6. The van der Waals surface area contributed by atoms with Crippen molar-refractivity contribution in [2.75, 3.05) is 18.5 Å². The van der Waals surface area contributed by atoms with Crippen LogP contribution in [-0.2, 0) is 0 Å². The van der Waals surface area contributed by atoms with Crippen LogP contribution in [0.5, 0.6) is 0 Å². The molecule has 25 heavy (non-hydrogen) atoms. The maximum absolute atomic E-state index is 13.3. The number of hydrogen-bond acceptors (Lipinski definition) is 5. The number of benzene rings is 1. The van der Waals surface area contributed by atoms with Gasteiger partial charge in [0.1, 0.15) is 23.4 Å². The van der Waals surface area contributed by atoms with Crippen LogP contribution in [0.2, 0.25) is 0 Å². The highest BCUT2D eigenvalue weighted by Crippen LogP contribution is 2.24. The molecule has 130 valence electrons. The average Bonchev–Trinajstić information content (AvgIpc) is 3.10. The van der Waals surface area contributed by atoms with E-state index in [0.717, 1.165) is 37.2 Å². The van der Waals surface area contributed by atoms with Crippen molar-refractivity contribution >= 4 is 5.82 Å². The maximum Gasteiger partial charge on any atom is 0.142 e. The van der Waals surface area contributed by atoms with E-state index in [1.54, 1.807) is 18.2 Å². The molecule has 5 nitrogen and oxygen atoms in total. The summed E-state index contributed by atoms with van der Waals surface area (Å²) < 4.78 is 13.3. The zero-order chi connectivity index (χ0) is 17.6. The van der Waals surface area contributed by atoms with E-state index in [9.17, 15) is 4.39 Å². The van der Waals surface area contributed by atoms with Gasteiger partial charge in [-0.15, -0.1) is 0 Å². The Bertz CT molecular complexity index is 757. The van der Waals surface area contributed by atoms with Gasteiger partial charge in [0.2, 0.25) is 0 Å². The lowest BCUT2D eigenvalue weighted by Gasteiger charge is -2.19. The summed E-state index contributed by atoms with van der Waals surface area (Å²) in [5.41, 5.74) is 7.97. The van der Waals surface area contributed by atoms with Gasteiger partial charge in [-0.25, -0.2) is 9.37 Å². The lowest BCUT2D eigenvalue weighted by molar-refractivity contribution is 0.502. The third kappa shape index (κ3) is 4.53. The molecule has 3 rings (SSSR count). The summed E-state index contributed by atoms with van der Waals surface area (Å²) >= 11 is 0. The molecule has 1 aromatic heterocycles. The second-order valence-electron chi connectivity index (χ2n) is 6.39. The van der Waals surface area contributed by atoms with E-state index in [2.05, 4.69) is 26.8 Å². The van der Waals surface area contributed by atoms with Gasteiger partial charge in [-0.05, 0) is 49.1 Å². The van der Waals surface area contributed by atoms with Crippen LogP contribution in [-0.4, -0.2) is 24.6 Å². The van der Waals surface area contributed by atoms with Crippen LogP contribution in [0.15, 0.2) is 42.5 Å². The van der Waals surface area contributed by atoms with Gasteiger partial charge in [-0.3, -0.25) is 10.9 Å². The highest BCUT2D eigenvalue weighted by Gasteiger charge is 2.24. The number of nitrogens with zero attached hydrogens (tertiary/aromatic N) is 3. The van der Waals surface area contributed by atoms with E-state index in [1.165, 1.54) is 6.07 Å². The van der Waals surface area contributed by atoms with Crippen molar-refractivity contribution < 1.29 is 4.39 Å². The molecule has 2 heterocycles. The summed E-state index contributed by atoms with van der Waals surface area (Å²) in [7, 11) is 1.99. The van der Waals surface area contributed by atoms with E-state index in [4.69, 9.17) is 5.26 Å². The smallest absolute Gasteiger partial charge is 0.142 e. The molecule has 2 aromatic rings. The number of halogens is 1. The van der Waals surface area contributed by atoms with Crippen LogP contribution in [0.25, 0.3) is 0 Å². The zero-order valence-corrected chi connectivity index (χ0v) is 14.2. The van der Waals surface area contributed by atoms with Crippen molar-refractivity contribution in [3.8, 4) is 6.07 Å². The molecule has 0 amide bonds. The van der Waals surface area contributed by atoms with Gasteiger partial charge in [-0.2, -0.15) is 5.26 Å². The zero-order valence-electron chi connectivity index (χ0n) is 14.2. The van der Waals surface area contributed by atoms with Crippen LogP contribution in [0.4, 0.5) is 10.2 Å². The fourth-order valence-electron chi connectivity index (χ4n) is 3.14. The number of pyridine rings is 1. The Labute approximate surface area is 147 Å². The van der Waals surface area contributed by atoms with Crippen molar-refractivity contribution in [2.45, 2.75) is 31.3 Å². The van der Waals surface area contributed by atoms with E-state index in [1.807, 2.05) is 25.2 Å². The second kappa shape index (κ2) is 8.06. The molecule has 6 heteroatoms. The molecule has 1 aromatic carbocycles. The molecule has 1 aliphatic rings. The van der Waals surface area contributed by atoms with Crippen molar-refractivity contribution in [3.63, 3.8) is 0 Å². The molecule has 2 N–H and O–H groups in total. The number of anilines is 1. The fraction of sp³-hybridized carbons (Fsp3) is 0.368. The third-order valence-corrected chi connectivity index (χ3v) is 4.52. The van der Waals surface area contributed by atoms with E-state index in [-0.39, 0.29) is 11.9 Å². The van der Waals surface area contributed by atoms with Gasteiger partial charge in [0.25, 0.3) is 0 Å². The topological polar surface area (TPSA) is 64.0 Å². The van der Waals surface area contributed by atoms with Crippen molar-refractivity contribution in [1.82, 2.24) is 15.8 Å². The first-order valence-electron chi connectivity index (χ1n) is 8.50. The van der Waals surface area contributed by atoms with Gasteiger partial charge in [0.15, 0.2) is 0 Å². The second-order valence-corrected chi connectivity index (χ2v) is 6.39. The molecule has 1 aliphatic heterocycles. The van der Waals surface area contributed by atoms with Crippen molar-refractivity contribution in [2.24, 2.45) is 0 Å². The van der Waals surface area contributed by atoms with E-state index in [0.29, 0.717) is 11.7 Å². The molecular formula is C19H22FN5. The third-order valence-electron chi connectivity index (χ3n) is 4.52. The maximum atomic E-state index is 13.3. The summed E-state index contributed by atoms with van der Waals surface area (Å²) in [6.45, 7) is 0.866. The number of nitrogens with one attached hydrogen (secondary N) is 2. The predicted octanol–water partition coefficient (Wildman–Crippen LogP) is 2.92. The largest absolute Gasteiger partial charge is 0.360 e. The summed E-state index contributed by atoms with van der Waals surface area (Å²) in [6, 6.07) is 14.8. The predicted molar refractivity (Wildman–Crippen MR) is 95.3 cm³/mol. The lowest BCUT2D eigenvalue weighted by Crippen LogP contribution is -2.31. The number of nitriles is 1. The first kappa shape index (κ1) is 17.3. The molecule has 2 atom stereocenters. The van der Waals surface area contributed by atoms with Crippen LogP contribution < -0.4 is 15.8 Å². The minimum Gasteiger partial charge on any atom is -0.360 e. The molecule has 1 saturated heterocycles. The molecule has 0 spiro atoms. The molecule has 0 bridgehead atoms. The minimum absolute atomic E-state index is 0.146. The van der Waals surface area contributed by atoms with Gasteiger partial charge in [0.05, 0.1) is 0 Å².